The van der Waals surface area contributed by atoms with Gasteiger partial charge >= 0.3 is 6.01 Å². The monoisotopic (exact) mass is 618 g/mol. The number of aromatic hydroxyl groups is 1. The molecular formula is C33H33ClF2N6O2. The van der Waals surface area contributed by atoms with E-state index >= 15 is 0 Å². The number of phenolic OH excluding ortho intramolecular Hbond substituents is 1. The van der Waals surface area contributed by atoms with Gasteiger partial charge in [-0.25, -0.2) is 13.8 Å². The van der Waals surface area contributed by atoms with Gasteiger partial charge in [-0.15, -0.1) is 6.42 Å². The highest BCUT2D eigenvalue weighted by Gasteiger charge is 2.35. The van der Waals surface area contributed by atoms with Crippen LogP contribution < -0.4 is 15.0 Å². The topological polar surface area (TPSA) is 86.6 Å². The fourth-order valence-corrected chi connectivity index (χ4v) is 7.52. The summed E-state index contributed by atoms with van der Waals surface area (Å²) in [6.07, 6.45) is 10.7. The van der Waals surface area contributed by atoms with Crippen molar-refractivity contribution in [2.24, 2.45) is 0 Å². The molecule has 4 aliphatic rings. The van der Waals surface area contributed by atoms with Crippen LogP contribution in [0.15, 0.2) is 30.3 Å². The van der Waals surface area contributed by atoms with Crippen molar-refractivity contribution >= 4 is 39.2 Å². The lowest BCUT2D eigenvalue weighted by Crippen LogP contribution is -2.51. The van der Waals surface area contributed by atoms with Crippen LogP contribution in [0.5, 0.6) is 11.8 Å². The van der Waals surface area contributed by atoms with Crippen LogP contribution >= 0.6 is 11.6 Å². The van der Waals surface area contributed by atoms with E-state index in [0.29, 0.717) is 63.4 Å². The van der Waals surface area contributed by atoms with Gasteiger partial charge in [0, 0.05) is 48.7 Å². The lowest BCUT2D eigenvalue weighted by Gasteiger charge is -2.34. The summed E-state index contributed by atoms with van der Waals surface area (Å²) in [4.78, 5) is 18.3. The Bertz CT molecular complexity index is 1770. The van der Waals surface area contributed by atoms with Crippen molar-refractivity contribution in [2.75, 3.05) is 38.2 Å². The van der Waals surface area contributed by atoms with Crippen molar-refractivity contribution in [3.05, 3.63) is 46.9 Å². The van der Waals surface area contributed by atoms with Crippen molar-refractivity contribution in [3.8, 4) is 35.2 Å². The van der Waals surface area contributed by atoms with Crippen molar-refractivity contribution in [2.45, 2.75) is 56.4 Å². The Labute approximate surface area is 259 Å². The van der Waals surface area contributed by atoms with Gasteiger partial charge in [0.15, 0.2) is 5.82 Å². The van der Waals surface area contributed by atoms with E-state index in [0.717, 1.165) is 38.9 Å². The molecule has 2 aromatic heterocycles. The largest absolute Gasteiger partial charge is 0.508 e. The number of phenols is 1. The first-order valence-corrected chi connectivity index (χ1v) is 15.4. The number of ether oxygens (including phenoxy) is 1. The molecule has 0 amide bonds. The minimum atomic E-state index is -0.531. The Hall–Kier alpha value is -3.78. The van der Waals surface area contributed by atoms with Crippen LogP contribution in [0.25, 0.3) is 32.9 Å². The maximum atomic E-state index is 14.6. The Balaban J connectivity index is 0.000000296. The predicted octanol–water partition coefficient (Wildman–Crippen LogP) is 5.47. The number of methoxy groups -OCH3 is 1. The van der Waals surface area contributed by atoms with Crippen molar-refractivity contribution in [1.82, 2.24) is 25.2 Å². The SMILES string of the molecule is C#Cc1c(F)ccc2cc(O)cc(-c3cc4nc(OC)nc(N5CC6CCC(C5)N6)c4nc3Cl)c12.FC1CC2CCCN2C1. The summed E-state index contributed by atoms with van der Waals surface area (Å²) < 4.78 is 32.6. The van der Waals surface area contributed by atoms with E-state index in [9.17, 15) is 13.9 Å². The Morgan fingerprint density at radius 3 is 2.59 bits per heavy atom. The summed E-state index contributed by atoms with van der Waals surface area (Å²) in [5, 5.41) is 15.2. The van der Waals surface area contributed by atoms with Crippen LogP contribution in [0, 0.1) is 18.2 Å². The average molecular weight is 619 g/mol. The predicted molar refractivity (Wildman–Crippen MR) is 168 cm³/mol. The molecule has 8 nitrogen and oxygen atoms in total. The van der Waals surface area contributed by atoms with Gasteiger partial charge in [-0.3, -0.25) is 4.90 Å². The lowest BCUT2D eigenvalue weighted by atomic mass is 9.94. The number of hydrogen-bond acceptors (Lipinski definition) is 8. The first-order chi connectivity index (χ1) is 21.3. The number of benzene rings is 2. The molecule has 2 aromatic carbocycles. The normalized spacial score (nSPS) is 24.3. The minimum absolute atomic E-state index is 0.00417. The van der Waals surface area contributed by atoms with Crippen LogP contribution in [-0.4, -0.2) is 82.5 Å². The van der Waals surface area contributed by atoms with Crippen LogP contribution in [0.4, 0.5) is 14.6 Å². The van der Waals surface area contributed by atoms with E-state index in [1.54, 1.807) is 12.1 Å². The number of terminal acetylenes is 1. The molecule has 4 aliphatic heterocycles. The quantitative estimate of drug-likeness (QED) is 0.231. The maximum absolute atomic E-state index is 14.6. The van der Waals surface area contributed by atoms with Crippen molar-refractivity contribution < 1.29 is 18.6 Å². The number of nitrogens with one attached hydrogen (secondary N) is 1. The van der Waals surface area contributed by atoms with Gasteiger partial charge < -0.3 is 20.1 Å². The number of alkyl halides is 1. The molecule has 44 heavy (non-hydrogen) atoms. The van der Waals surface area contributed by atoms with Gasteiger partial charge in [-0.2, -0.15) is 9.97 Å². The van der Waals surface area contributed by atoms with E-state index in [4.69, 9.17) is 22.8 Å². The lowest BCUT2D eigenvalue weighted by molar-refractivity contribution is 0.292. The zero-order chi connectivity index (χ0) is 30.5. The number of halogens is 3. The molecule has 4 fully saturated rings. The second-order valence-electron chi connectivity index (χ2n) is 12.1. The van der Waals surface area contributed by atoms with E-state index in [2.05, 4.69) is 36.0 Å². The van der Waals surface area contributed by atoms with E-state index in [1.165, 1.54) is 38.2 Å². The maximum Gasteiger partial charge on any atom is 0.318 e. The molecule has 2 bridgehead atoms. The summed E-state index contributed by atoms with van der Waals surface area (Å²) in [6.45, 7) is 3.46. The number of nitrogens with zero attached hydrogens (tertiary/aromatic N) is 5. The van der Waals surface area contributed by atoms with Crippen molar-refractivity contribution in [3.63, 3.8) is 0 Å². The molecular weight excluding hydrogens is 586 g/mol. The van der Waals surface area contributed by atoms with Gasteiger partial charge in [-0.05, 0) is 73.9 Å². The van der Waals surface area contributed by atoms with Gasteiger partial charge in [0.25, 0.3) is 0 Å². The van der Waals surface area contributed by atoms with Crippen LogP contribution in [0.1, 0.15) is 37.7 Å². The van der Waals surface area contributed by atoms with Crippen LogP contribution in [0.3, 0.4) is 0 Å². The Kier molecular flexibility index (Phi) is 7.65. The number of fused-ring (bicyclic) bond motifs is 5. The fourth-order valence-electron chi connectivity index (χ4n) is 7.28. The first-order valence-electron chi connectivity index (χ1n) is 15.0. The van der Waals surface area contributed by atoms with Gasteiger partial charge in [0.1, 0.15) is 28.4 Å². The van der Waals surface area contributed by atoms with Crippen molar-refractivity contribution in [1.29, 1.82) is 0 Å². The van der Waals surface area contributed by atoms with Gasteiger partial charge in [0.2, 0.25) is 0 Å². The highest BCUT2D eigenvalue weighted by atomic mass is 35.5. The van der Waals surface area contributed by atoms with E-state index < -0.39 is 12.0 Å². The minimum Gasteiger partial charge on any atom is -0.508 e. The molecule has 4 atom stereocenters. The second kappa shape index (κ2) is 11.6. The molecule has 0 radical (unpaired) electrons. The highest BCUT2D eigenvalue weighted by Crippen LogP contribution is 2.40. The highest BCUT2D eigenvalue weighted by molar-refractivity contribution is 6.33. The van der Waals surface area contributed by atoms with Crippen LogP contribution in [-0.2, 0) is 0 Å². The summed E-state index contributed by atoms with van der Waals surface area (Å²) in [7, 11) is 1.52. The van der Waals surface area contributed by atoms with Crippen LogP contribution in [0.2, 0.25) is 5.15 Å². The summed E-state index contributed by atoms with van der Waals surface area (Å²) in [5.41, 5.74) is 2.09. The number of aromatic nitrogens is 3. The second-order valence-corrected chi connectivity index (χ2v) is 12.4. The number of anilines is 1. The molecule has 0 saturated carbocycles. The molecule has 0 aliphatic carbocycles. The van der Waals surface area contributed by atoms with E-state index in [1.807, 2.05) is 0 Å². The smallest absolute Gasteiger partial charge is 0.318 e. The number of hydrogen-bond donors (Lipinski definition) is 2. The summed E-state index contributed by atoms with van der Waals surface area (Å²) in [5.74, 6) is 2.56. The molecule has 4 saturated heterocycles. The molecule has 8 rings (SSSR count). The Morgan fingerprint density at radius 1 is 1.07 bits per heavy atom. The van der Waals surface area contributed by atoms with Gasteiger partial charge in [0.05, 0.1) is 18.2 Å². The molecule has 4 unspecified atom stereocenters. The average Bonchev–Trinajstić information content (AvgIpc) is 3.70. The Morgan fingerprint density at radius 2 is 1.86 bits per heavy atom. The summed E-state index contributed by atoms with van der Waals surface area (Å²) >= 11 is 6.72. The van der Waals surface area contributed by atoms with E-state index in [-0.39, 0.29) is 22.5 Å². The standard InChI is InChI=1S/C26H21ClFN5O2.C7H12FN/c1-3-17-20(28)7-4-13-8-16(34)9-18(22(13)17)19-10-21-23(31-24(19)27)25(32-26(30-21)35-2)33-11-14-5-6-15(12-33)29-14;8-6-4-7-2-1-3-9(7)5-6/h1,4,7-10,14-15,29,34H,5-6,11-12H2,2H3;6-7H,1-5H2. The molecule has 4 aromatic rings. The third-order valence-corrected chi connectivity index (χ3v) is 9.52. The number of piperazine rings is 1. The fraction of sp³-hybridized carbons (Fsp3) is 0.424. The third-order valence-electron chi connectivity index (χ3n) is 9.23. The summed E-state index contributed by atoms with van der Waals surface area (Å²) in [6, 6.07) is 9.27. The first kappa shape index (κ1) is 29.0. The zero-order valence-electron chi connectivity index (χ0n) is 24.4. The molecule has 0 spiro atoms. The molecule has 228 valence electrons. The number of rotatable bonds is 3. The van der Waals surface area contributed by atoms with Gasteiger partial charge in [-0.1, -0.05) is 23.6 Å². The molecule has 6 heterocycles. The molecule has 2 N–H and O–H groups in total. The molecule has 11 heteroatoms. The number of pyridine rings is 1. The third kappa shape index (κ3) is 5.27. The zero-order valence-corrected chi connectivity index (χ0v) is 25.1.